The van der Waals surface area contributed by atoms with E-state index in [4.69, 9.17) is 11.6 Å². The Kier molecular flexibility index (Phi) is 5.52. The van der Waals surface area contributed by atoms with Crippen molar-refractivity contribution < 1.29 is 4.79 Å². The minimum absolute atomic E-state index is 0.0852. The summed E-state index contributed by atoms with van der Waals surface area (Å²) >= 11 is 7.48. The summed E-state index contributed by atoms with van der Waals surface area (Å²) in [6.45, 7) is 6.11. The molecule has 0 unspecified atom stereocenters. The van der Waals surface area contributed by atoms with E-state index in [1.807, 2.05) is 61.0 Å². The van der Waals surface area contributed by atoms with Crippen molar-refractivity contribution in [3.8, 4) is 0 Å². The van der Waals surface area contributed by atoms with E-state index in [1.54, 1.807) is 0 Å². The molecule has 1 aromatic heterocycles. The van der Waals surface area contributed by atoms with Crippen molar-refractivity contribution in [2.24, 2.45) is 0 Å². The zero-order valence-electron chi connectivity index (χ0n) is 16.4. The number of rotatable bonds is 4. The highest BCUT2D eigenvalue weighted by atomic mass is 35.5. The molecule has 1 amide bonds. The number of thioether (sulfide) groups is 1. The number of amides is 1. The predicted molar refractivity (Wildman–Crippen MR) is 117 cm³/mol. The fourth-order valence-corrected chi connectivity index (χ4v) is 4.51. The normalized spacial score (nSPS) is 18.1. The molecule has 150 valence electrons. The van der Waals surface area contributed by atoms with E-state index in [0.717, 1.165) is 29.1 Å². The number of carbonyl (C=O) groups is 1. The molecule has 0 saturated heterocycles. The van der Waals surface area contributed by atoms with Gasteiger partial charge in [-0.15, -0.1) is 10.2 Å². The zero-order chi connectivity index (χ0) is 20.5. The Bertz CT molecular complexity index is 1050. The molecule has 0 aliphatic carbocycles. The van der Waals surface area contributed by atoms with Crippen LogP contribution >= 0.6 is 23.4 Å². The van der Waals surface area contributed by atoms with E-state index >= 15 is 0 Å². The van der Waals surface area contributed by atoms with Crippen LogP contribution in [0.5, 0.6) is 0 Å². The molecule has 2 heterocycles. The van der Waals surface area contributed by atoms with E-state index in [1.165, 1.54) is 17.3 Å². The molecule has 1 aliphatic heterocycles. The summed E-state index contributed by atoms with van der Waals surface area (Å²) in [6.07, 6.45) is 0.743. The third-order valence-corrected chi connectivity index (χ3v) is 6.55. The highest BCUT2D eigenvalue weighted by Gasteiger charge is 2.37. The molecular formula is C21H22ClN5OS. The number of aromatic nitrogens is 3. The zero-order valence-corrected chi connectivity index (χ0v) is 18.0. The van der Waals surface area contributed by atoms with Crippen molar-refractivity contribution in [2.45, 2.75) is 43.6 Å². The number of benzene rings is 2. The molecule has 0 fully saturated rings. The number of hydrogen-bond acceptors (Lipinski definition) is 5. The molecule has 8 heteroatoms. The SMILES string of the molecule is CCc1nnc2n1N[C@H](c1ccc(Cl)cc1)[C@H](C(=O)Nc1ccc(C)c(C)c1)S2. The molecule has 0 spiro atoms. The summed E-state index contributed by atoms with van der Waals surface area (Å²) in [7, 11) is 0. The van der Waals surface area contributed by atoms with Crippen molar-refractivity contribution in [3.63, 3.8) is 0 Å². The first-order chi connectivity index (χ1) is 14.0. The fourth-order valence-electron chi connectivity index (χ4n) is 3.28. The van der Waals surface area contributed by atoms with Crippen LogP contribution in [-0.4, -0.2) is 26.0 Å². The van der Waals surface area contributed by atoms with Crippen LogP contribution < -0.4 is 10.7 Å². The molecule has 6 nitrogen and oxygen atoms in total. The number of nitrogens with zero attached hydrogens (tertiary/aromatic N) is 3. The van der Waals surface area contributed by atoms with Crippen LogP contribution in [0.25, 0.3) is 0 Å². The van der Waals surface area contributed by atoms with Gasteiger partial charge in [0.25, 0.3) is 0 Å². The first-order valence-electron chi connectivity index (χ1n) is 9.47. The van der Waals surface area contributed by atoms with E-state index in [-0.39, 0.29) is 11.9 Å². The number of aryl methyl sites for hydroxylation is 3. The van der Waals surface area contributed by atoms with Crippen molar-refractivity contribution in [2.75, 3.05) is 10.7 Å². The Balaban J connectivity index is 1.66. The van der Waals surface area contributed by atoms with Crippen LogP contribution in [0.2, 0.25) is 5.02 Å². The van der Waals surface area contributed by atoms with Gasteiger partial charge in [0.1, 0.15) is 5.25 Å². The van der Waals surface area contributed by atoms with Crippen molar-refractivity contribution >= 4 is 35.0 Å². The van der Waals surface area contributed by atoms with Gasteiger partial charge in [-0.25, -0.2) is 4.68 Å². The maximum atomic E-state index is 13.2. The highest BCUT2D eigenvalue weighted by Crippen LogP contribution is 2.38. The van der Waals surface area contributed by atoms with Gasteiger partial charge in [-0.3, -0.25) is 4.79 Å². The van der Waals surface area contributed by atoms with Crippen LogP contribution in [0.3, 0.4) is 0 Å². The van der Waals surface area contributed by atoms with E-state index in [9.17, 15) is 4.79 Å². The van der Waals surface area contributed by atoms with Crippen LogP contribution in [0.1, 0.15) is 35.5 Å². The van der Waals surface area contributed by atoms with Gasteiger partial charge in [0.15, 0.2) is 5.82 Å². The largest absolute Gasteiger partial charge is 0.325 e. The van der Waals surface area contributed by atoms with Gasteiger partial charge < -0.3 is 10.7 Å². The lowest BCUT2D eigenvalue weighted by molar-refractivity contribution is -0.116. The molecule has 3 aromatic rings. The van der Waals surface area contributed by atoms with Crippen molar-refractivity contribution in [3.05, 3.63) is 70.0 Å². The minimum Gasteiger partial charge on any atom is -0.325 e. The number of carbonyl (C=O) groups excluding carboxylic acids is 1. The first-order valence-corrected chi connectivity index (χ1v) is 10.7. The van der Waals surface area contributed by atoms with E-state index in [0.29, 0.717) is 10.2 Å². The first kappa shape index (κ1) is 19.8. The molecular weight excluding hydrogens is 406 g/mol. The summed E-state index contributed by atoms with van der Waals surface area (Å²) in [6, 6.07) is 13.2. The molecule has 4 rings (SSSR count). The number of fused-ring (bicyclic) bond motifs is 1. The van der Waals surface area contributed by atoms with Gasteiger partial charge in [0.05, 0.1) is 6.04 Å². The standard InChI is InChI=1S/C21H22ClN5OS/c1-4-17-24-25-21-27(17)26-18(14-6-8-15(22)9-7-14)19(29-21)20(28)23-16-10-5-12(2)13(3)11-16/h5-11,18-19,26H,4H2,1-3H3,(H,23,28)/t18-,19-/m1/s1. The smallest absolute Gasteiger partial charge is 0.240 e. The summed E-state index contributed by atoms with van der Waals surface area (Å²) in [4.78, 5) is 13.2. The Morgan fingerprint density at radius 1 is 1.17 bits per heavy atom. The quantitative estimate of drug-likeness (QED) is 0.641. The third kappa shape index (κ3) is 3.97. The molecule has 2 aromatic carbocycles. The number of halogens is 1. The number of anilines is 1. The van der Waals surface area contributed by atoms with Crippen LogP contribution in [0.4, 0.5) is 5.69 Å². The summed E-state index contributed by atoms with van der Waals surface area (Å²) in [5.41, 5.74) is 7.53. The van der Waals surface area contributed by atoms with Crippen LogP contribution in [0, 0.1) is 13.8 Å². The summed E-state index contributed by atoms with van der Waals surface area (Å²) < 4.78 is 1.88. The molecule has 0 radical (unpaired) electrons. The molecule has 0 saturated carbocycles. The third-order valence-electron chi connectivity index (χ3n) is 5.08. The molecule has 1 aliphatic rings. The maximum absolute atomic E-state index is 13.2. The van der Waals surface area contributed by atoms with Gasteiger partial charge >= 0.3 is 0 Å². The number of nitrogens with one attached hydrogen (secondary N) is 2. The lowest BCUT2D eigenvalue weighted by atomic mass is 10.0. The van der Waals surface area contributed by atoms with E-state index < -0.39 is 5.25 Å². The second-order valence-electron chi connectivity index (χ2n) is 7.07. The Morgan fingerprint density at radius 2 is 1.93 bits per heavy atom. The summed E-state index contributed by atoms with van der Waals surface area (Å²) in [5, 5.41) is 12.5. The lowest BCUT2D eigenvalue weighted by Crippen LogP contribution is -2.41. The number of hydrogen-bond donors (Lipinski definition) is 2. The van der Waals surface area contributed by atoms with Crippen LogP contribution in [-0.2, 0) is 11.2 Å². The minimum atomic E-state index is -0.417. The van der Waals surface area contributed by atoms with Gasteiger partial charge in [0, 0.05) is 17.1 Å². The van der Waals surface area contributed by atoms with Gasteiger partial charge in [-0.2, -0.15) is 0 Å². The molecule has 0 bridgehead atoms. The monoisotopic (exact) mass is 427 g/mol. The van der Waals surface area contributed by atoms with Crippen LogP contribution in [0.15, 0.2) is 47.6 Å². The molecule has 29 heavy (non-hydrogen) atoms. The summed E-state index contributed by atoms with van der Waals surface area (Å²) in [5.74, 6) is 0.748. The molecule has 2 N–H and O–H groups in total. The Labute approximate surface area is 179 Å². The topological polar surface area (TPSA) is 71.8 Å². The van der Waals surface area contributed by atoms with Crippen molar-refractivity contribution in [1.29, 1.82) is 0 Å². The van der Waals surface area contributed by atoms with Gasteiger partial charge in [-0.1, -0.05) is 48.5 Å². The molecule has 2 atom stereocenters. The Hall–Kier alpha value is -2.51. The second-order valence-corrected chi connectivity index (χ2v) is 8.62. The fraction of sp³-hybridized carbons (Fsp3) is 0.286. The predicted octanol–water partition coefficient (Wildman–Crippen LogP) is 4.51. The lowest BCUT2D eigenvalue weighted by Gasteiger charge is -2.33. The highest BCUT2D eigenvalue weighted by molar-refractivity contribution is 8.00. The Morgan fingerprint density at radius 3 is 2.62 bits per heavy atom. The van der Waals surface area contributed by atoms with Gasteiger partial charge in [0.2, 0.25) is 11.1 Å². The second kappa shape index (κ2) is 8.08. The van der Waals surface area contributed by atoms with Crippen molar-refractivity contribution in [1.82, 2.24) is 14.9 Å². The average Bonchev–Trinajstić information content (AvgIpc) is 3.12. The van der Waals surface area contributed by atoms with Gasteiger partial charge in [-0.05, 0) is 54.8 Å². The average molecular weight is 428 g/mol. The van der Waals surface area contributed by atoms with E-state index in [2.05, 4.69) is 27.9 Å². The maximum Gasteiger partial charge on any atom is 0.240 e.